The lowest BCUT2D eigenvalue weighted by Gasteiger charge is -1.99. The lowest BCUT2D eigenvalue weighted by Crippen LogP contribution is -2.14. The molecule has 3 rings (SSSR count). The molecule has 2 heterocycles. The number of anilines is 1. The number of nitrogens with one attached hydrogen (secondary N) is 1. The van der Waals surface area contributed by atoms with Gasteiger partial charge in [-0.3, -0.25) is 4.79 Å². The van der Waals surface area contributed by atoms with E-state index in [9.17, 15) is 9.18 Å². The molecule has 0 bridgehead atoms. The summed E-state index contributed by atoms with van der Waals surface area (Å²) in [4.78, 5) is 12.0. The average molecular weight is 323 g/mol. The first-order valence-electron chi connectivity index (χ1n) is 5.98. The summed E-state index contributed by atoms with van der Waals surface area (Å²) in [5.41, 5.74) is 1.19. The molecule has 0 aliphatic rings. The third-order valence-corrected chi connectivity index (χ3v) is 4.61. The van der Waals surface area contributed by atoms with Crippen LogP contribution in [0.15, 0.2) is 33.2 Å². The lowest BCUT2D eigenvalue weighted by atomic mass is 10.1. The van der Waals surface area contributed by atoms with Crippen LogP contribution >= 0.6 is 23.1 Å². The second-order valence-corrected chi connectivity index (χ2v) is 6.23. The summed E-state index contributed by atoms with van der Waals surface area (Å²) in [5, 5.41) is 11.5. The predicted octanol–water partition coefficient (Wildman–Crippen LogP) is 3.33. The molecule has 3 aromatic rings. The first-order chi connectivity index (χ1) is 10.2. The van der Waals surface area contributed by atoms with Gasteiger partial charge in [-0.25, -0.2) is 4.39 Å². The summed E-state index contributed by atoms with van der Waals surface area (Å²) in [6.07, 6.45) is 3.44. The maximum absolute atomic E-state index is 13.3. The van der Waals surface area contributed by atoms with Crippen molar-refractivity contribution in [3.63, 3.8) is 0 Å². The van der Waals surface area contributed by atoms with Gasteiger partial charge in [0.2, 0.25) is 11.0 Å². The number of amides is 1. The smallest absolute Gasteiger partial charge is 0.230 e. The molecule has 1 N–H and O–H groups in total. The van der Waals surface area contributed by atoms with E-state index in [0.29, 0.717) is 21.7 Å². The van der Waals surface area contributed by atoms with E-state index in [0.717, 1.165) is 4.34 Å². The zero-order valence-electron chi connectivity index (χ0n) is 10.9. The molecule has 2 aromatic heterocycles. The van der Waals surface area contributed by atoms with Crippen molar-refractivity contribution in [2.75, 3.05) is 11.6 Å². The highest BCUT2D eigenvalue weighted by molar-refractivity contribution is 8.00. The van der Waals surface area contributed by atoms with E-state index in [1.54, 1.807) is 6.07 Å². The lowest BCUT2D eigenvalue weighted by molar-refractivity contribution is -0.115. The number of fused-ring (bicyclic) bond motifs is 1. The monoisotopic (exact) mass is 323 g/mol. The number of hydrogen-bond acceptors (Lipinski definition) is 6. The highest BCUT2D eigenvalue weighted by Crippen LogP contribution is 2.25. The maximum atomic E-state index is 13.3. The number of hydrogen-bond donors (Lipinski definition) is 1. The molecular weight excluding hydrogens is 313 g/mol. The zero-order chi connectivity index (χ0) is 14.8. The SMILES string of the molecule is CSc1nnc(NC(=O)Cc2coc3ccc(F)cc23)s1. The van der Waals surface area contributed by atoms with Crippen molar-refractivity contribution in [3.8, 4) is 0 Å². The highest BCUT2D eigenvalue weighted by Gasteiger charge is 2.13. The Morgan fingerprint density at radius 2 is 2.33 bits per heavy atom. The van der Waals surface area contributed by atoms with Gasteiger partial charge in [-0.2, -0.15) is 0 Å². The number of thioether (sulfide) groups is 1. The number of furan rings is 1. The fourth-order valence-electron chi connectivity index (χ4n) is 1.87. The topological polar surface area (TPSA) is 68.0 Å². The van der Waals surface area contributed by atoms with Gasteiger partial charge < -0.3 is 9.73 Å². The van der Waals surface area contributed by atoms with Crippen LogP contribution in [0.5, 0.6) is 0 Å². The van der Waals surface area contributed by atoms with Gasteiger partial charge in [0.05, 0.1) is 12.7 Å². The number of halogens is 1. The largest absolute Gasteiger partial charge is 0.464 e. The summed E-state index contributed by atoms with van der Waals surface area (Å²) in [6, 6.07) is 4.22. The number of aromatic nitrogens is 2. The van der Waals surface area contributed by atoms with E-state index in [2.05, 4.69) is 15.5 Å². The first-order valence-corrected chi connectivity index (χ1v) is 8.03. The Balaban J connectivity index is 1.75. The molecule has 1 amide bonds. The standard InChI is InChI=1S/C13H10FN3O2S2/c1-20-13-17-16-12(21-13)15-11(18)4-7-6-19-10-3-2-8(14)5-9(7)10/h2-3,5-6H,4H2,1H3,(H,15,16,18). The summed E-state index contributed by atoms with van der Waals surface area (Å²) < 4.78 is 19.3. The van der Waals surface area contributed by atoms with E-state index >= 15 is 0 Å². The number of carbonyl (C=O) groups excluding carboxylic acids is 1. The van der Waals surface area contributed by atoms with E-state index in [1.165, 1.54) is 41.5 Å². The van der Waals surface area contributed by atoms with Crippen LogP contribution in [0, 0.1) is 5.82 Å². The Bertz CT molecular complexity index is 800. The molecule has 0 spiro atoms. The first kappa shape index (κ1) is 14.0. The number of carbonyl (C=O) groups is 1. The Kier molecular flexibility index (Phi) is 3.89. The Morgan fingerprint density at radius 3 is 3.10 bits per heavy atom. The van der Waals surface area contributed by atoms with Gasteiger partial charge in [0, 0.05) is 10.9 Å². The Labute approximate surface area is 127 Å². The predicted molar refractivity (Wildman–Crippen MR) is 80.2 cm³/mol. The Morgan fingerprint density at radius 1 is 1.48 bits per heavy atom. The molecule has 0 aliphatic heterocycles. The molecule has 0 aliphatic carbocycles. The summed E-state index contributed by atoms with van der Waals surface area (Å²) in [5.74, 6) is -0.606. The number of nitrogens with zero attached hydrogens (tertiary/aromatic N) is 2. The quantitative estimate of drug-likeness (QED) is 0.589. The third-order valence-electron chi connectivity index (χ3n) is 2.79. The van der Waals surface area contributed by atoms with Crippen LogP contribution in [0.1, 0.15) is 5.56 Å². The molecule has 21 heavy (non-hydrogen) atoms. The highest BCUT2D eigenvalue weighted by atomic mass is 32.2. The van der Waals surface area contributed by atoms with E-state index < -0.39 is 0 Å². The molecule has 8 heteroatoms. The summed E-state index contributed by atoms with van der Waals surface area (Å²) in [6.45, 7) is 0. The van der Waals surface area contributed by atoms with Crippen molar-refractivity contribution < 1.29 is 13.6 Å². The van der Waals surface area contributed by atoms with Gasteiger partial charge in [0.25, 0.3) is 0 Å². The number of benzene rings is 1. The van der Waals surface area contributed by atoms with Crippen LogP contribution in [0.2, 0.25) is 0 Å². The molecular formula is C13H10FN3O2S2. The fraction of sp³-hybridized carbons (Fsp3) is 0.154. The van der Waals surface area contributed by atoms with Crippen LogP contribution in [-0.2, 0) is 11.2 Å². The Hall–Kier alpha value is -1.93. The fourth-order valence-corrected chi connectivity index (χ4v) is 3.06. The van der Waals surface area contributed by atoms with Crippen LogP contribution in [0.25, 0.3) is 11.0 Å². The van der Waals surface area contributed by atoms with Gasteiger partial charge in [0.15, 0.2) is 4.34 Å². The van der Waals surface area contributed by atoms with Crippen LogP contribution in [0.4, 0.5) is 9.52 Å². The molecule has 0 saturated carbocycles. The van der Waals surface area contributed by atoms with E-state index in [4.69, 9.17) is 4.42 Å². The number of rotatable bonds is 4. The molecule has 108 valence electrons. The van der Waals surface area contributed by atoms with Crippen molar-refractivity contribution in [2.24, 2.45) is 0 Å². The van der Waals surface area contributed by atoms with E-state index in [1.807, 2.05) is 6.26 Å². The molecule has 0 radical (unpaired) electrons. The minimum atomic E-state index is -0.362. The second-order valence-electron chi connectivity index (χ2n) is 4.20. The van der Waals surface area contributed by atoms with Crippen LogP contribution < -0.4 is 5.32 Å². The maximum Gasteiger partial charge on any atom is 0.230 e. The normalized spacial score (nSPS) is 11.0. The van der Waals surface area contributed by atoms with Crippen LogP contribution in [0.3, 0.4) is 0 Å². The zero-order valence-corrected chi connectivity index (χ0v) is 12.6. The van der Waals surface area contributed by atoms with Crippen molar-refractivity contribution in [2.45, 2.75) is 10.8 Å². The minimum absolute atomic E-state index is 0.0879. The summed E-state index contributed by atoms with van der Waals surface area (Å²) >= 11 is 2.77. The van der Waals surface area contributed by atoms with Gasteiger partial charge in [-0.1, -0.05) is 23.1 Å². The van der Waals surface area contributed by atoms with Crippen molar-refractivity contribution >= 4 is 45.1 Å². The average Bonchev–Trinajstić information content (AvgIpc) is 3.06. The molecule has 0 atom stereocenters. The van der Waals surface area contributed by atoms with Crippen molar-refractivity contribution in [1.82, 2.24) is 10.2 Å². The third kappa shape index (κ3) is 3.06. The molecule has 5 nitrogen and oxygen atoms in total. The van der Waals surface area contributed by atoms with Gasteiger partial charge in [-0.15, -0.1) is 10.2 Å². The second kappa shape index (κ2) is 5.82. The molecule has 0 saturated heterocycles. The summed E-state index contributed by atoms with van der Waals surface area (Å²) in [7, 11) is 0. The molecule has 1 aromatic carbocycles. The van der Waals surface area contributed by atoms with Gasteiger partial charge >= 0.3 is 0 Å². The van der Waals surface area contributed by atoms with Crippen LogP contribution in [-0.4, -0.2) is 22.4 Å². The molecule has 0 fully saturated rings. The van der Waals surface area contributed by atoms with Gasteiger partial charge in [0.1, 0.15) is 11.4 Å². The van der Waals surface area contributed by atoms with Gasteiger partial charge in [-0.05, 0) is 24.5 Å². The van der Waals surface area contributed by atoms with Crippen molar-refractivity contribution in [1.29, 1.82) is 0 Å². The minimum Gasteiger partial charge on any atom is -0.464 e. The van der Waals surface area contributed by atoms with Crippen molar-refractivity contribution in [3.05, 3.63) is 35.8 Å². The van der Waals surface area contributed by atoms with E-state index in [-0.39, 0.29) is 18.1 Å². The molecule has 0 unspecified atom stereocenters.